The molecule has 3 N–H and O–H groups in total. The summed E-state index contributed by atoms with van der Waals surface area (Å²) in [6.45, 7) is 4.22. The molecule has 4 rings (SSSR count). The van der Waals surface area contributed by atoms with Gasteiger partial charge >= 0.3 is 12.1 Å². The van der Waals surface area contributed by atoms with Crippen molar-refractivity contribution < 1.29 is 29.0 Å². The minimum absolute atomic E-state index is 0.0455. The first-order valence-electron chi connectivity index (χ1n) is 11.6. The van der Waals surface area contributed by atoms with E-state index in [1.54, 1.807) is 0 Å². The Bertz CT molecular complexity index is 1020. The number of hydrogen-bond donors (Lipinski definition) is 3. The van der Waals surface area contributed by atoms with Crippen LogP contribution in [0, 0.1) is 11.8 Å². The van der Waals surface area contributed by atoms with Crippen molar-refractivity contribution in [3.05, 3.63) is 59.7 Å². The van der Waals surface area contributed by atoms with Crippen molar-refractivity contribution in [2.45, 2.75) is 38.3 Å². The number of rotatable bonds is 8. The van der Waals surface area contributed by atoms with E-state index in [4.69, 9.17) is 14.6 Å². The lowest BCUT2D eigenvalue weighted by atomic mass is 9.97. The summed E-state index contributed by atoms with van der Waals surface area (Å²) in [5.41, 5.74) is 4.54. The summed E-state index contributed by atoms with van der Waals surface area (Å²) in [5.74, 6) is -2.03. The molecule has 1 fully saturated rings. The van der Waals surface area contributed by atoms with E-state index in [1.165, 1.54) is 0 Å². The van der Waals surface area contributed by atoms with Crippen LogP contribution < -0.4 is 10.6 Å². The maximum Gasteiger partial charge on any atom is 0.407 e. The van der Waals surface area contributed by atoms with Gasteiger partial charge in [-0.05, 0) is 28.2 Å². The van der Waals surface area contributed by atoms with E-state index in [0.29, 0.717) is 0 Å². The molecule has 1 saturated heterocycles. The third-order valence-corrected chi connectivity index (χ3v) is 6.59. The fourth-order valence-corrected chi connectivity index (χ4v) is 4.68. The van der Waals surface area contributed by atoms with Gasteiger partial charge in [0.05, 0.1) is 31.6 Å². The van der Waals surface area contributed by atoms with Crippen LogP contribution in [0.1, 0.15) is 37.3 Å². The maximum atomic E-state index is 12.8. The molecule has 2 aromatic carbocycles. The van der Waals surface area contributed by atoms with Gasteiger partial charge in [0.2, 0.25) is 5.91 Å². The molecular formula is C26H30N2O6. The summed E-state index contributed by atoms with van der Waals surface area (Å²) < 4.78 is 11.0. The minimum atomic E-state index is -0.977. The van der Waals surface area contributed by atoms with Crippen LogP contribution in [0.5, 0.6) is 0 Å². The number of hydrogen-bond acceptors (Lipinski definition) is 5. The van der Waals surface area contributed by atoms with Gasteiger partial charge in [-0.2, -0.15) is 0 Å². The van der Waals surface area contributed by atoms with Crippen molar-refractivity contribution in [1.82, 2.24) is 10.6 Å². The molecule has 1 aliphatic carbocycles. The van der Waals surface area contributed by atoms with Crippen molar-refractivity contribution in [1.29, 1.82) is 0 Å². The molecule has 0 radical (unpaired) electrons. The Hall–Kier alpha value is -3.39. The molecular weight excluding hydrogens is 436 g/mol. The number of carbonyl (C=O) groups is 3. The maximum absolute atomic E-state index is 12.8. The Kier molecular flexibility index (Phi) is 7.17. The van der Waals surface area contributed by atoms with Crippen molar-refractivity contribution in [2.75, 3.05) is 19.8 Å². The van der Waals surface area contributed by atoms with Crippen LogP contribution >= 0.6 is 0 Å². The highest BCUT2D eigenvalue weighted by atomic mass is 16.5. The SMILES string of the molecule is CC(C)C(CC(=O)O)NC(=O)C1COCC1NC(=O)OCC1c2ccccc2-c2ccccc21. The van der Waals surface area contributed by atoms with Gasteiger partial charge in [0.15, 0.2) is 0 Å². The first kappa shape index (κ1) is 23.8. The molecule has 180 valence electrons. The third kappa shape index (κ3) is 5.07. The first-order chi connectivity index (χ1) is 16.3. The number of fused-ring (bicyclic) bond motifs is 3. The molecule has 8 nitrogen and oxygen atoms in total. The molecule has 1 aliphatic heterocycles. The van der Waals surface area contributed by atoms with Crippen LogP contribution in [0.3, 0.4) is 0 Å². The Morgan fingerprint density at radius 1 is 1.03 bits per heavy atom. The topological polar surface area (TPSA) is 114 Å². The molecule has 0 bridgehead atoms. The van der Waals surface area contributed by atoms with Crippen molar-refractivity contribution in [3.63, 3.8) is 0 Å². The fourth-order valence-electron chi connectivity index (χ4n) is 4.68. The number of aliphatic carboxylic acids is 1. The predicted octanol–water partition coefficient (Wildman–Crippen LogP) is 3.16. The van der Waals surface area contributed by atoms with Gasteiger partial charge in [-0.1, -0.05) is 62.4 Å². The van der Waals surface area contributed by atoms with Crippen LogP contribution in [0.25, 0.3) is 11.1 Å². The van der Waals surface area contributed by atoms with Gasteiger partial charge < -0.3 is 25.2 Å². The molecule has 0 saturated carbocycles. The molecule has 0 aromatic heterocycles. The lowest BCUT2D eigenvalue weighted by molar-refractivity contribution is -0.138. The average Bonchev–Trinajstić information content (AvgIpc) is 3.39. The first-order valence-corrected chi connectivity index (χ1v) is 11.6. The Labute approximate surface area is 198 Å². The highest BCUT2D eigenvalue weighted by Crippen LogP contribution is 2.44. The molecule has 2 aliphatic rings. The van der Waals surface area contributed by atoms with Gasteiger partial charge in [-0.3, -0.25) is 9.59 Å². The van der Waals surface area contributed by atoms with Gasteiger partial charge in [0.25, 0.3) is 0 Å². The summed E-state index contributed by atoms with van der Waals surface area (Å²) in [6, 6.07) is 15.1. The Morgan fingerprint density at radius 2 is 1.65 bits per heavy atom. The molecule has 34 heavy (non-hydrogen) atoms. The highest BCUT2D eigenvalue weighted by molar-refractivity contribution is 5.82. The van der Waals surface area contributed by atoms with Crippen molar-refractivity contribution in [3.8, 4) is 11.1 Å². The molecule has 1 heterocycles. The molecule has 2 amide bonds. The summed E-state index contributed by atoms with van der Waals surface area (Å²) in [6.07, 6.45) is -0.775. The lowest BCUT2D eigenvalue weighted by Gasteiger charge is -2.25. The fraction of sp³-hybridized carbons (Fsp3) is 0.423. The van der Waals surface area contributed by atoms with E-state index >= 15 is 0 Å². The lowest BCUT2D eigenvalue weighted by Crippen LogP contribution is -2.50. The van der Waals surface area contributed by atoms with Gasteiger partial charge in [-0.25, -0.2) is 4.79 Å². The van der Waals surface area contributed by atoms with Gasteiger partial charge in [-0.15, -0.1) is 0 Å². The highest BCUT2D eigenvalue weighted by Gasteiger charge is 2.37. The standard InChI is InChI=1S/C26H30N2O6/c1-15(2)22(11-24(29)30)27-25(31)21-12-33-14-23(21)28-26(32)34-13-20-18-9-5-3-7-16(18)17-8-4-6-10-19(17)20/h3-10,15,20-23H,11-14H2,1-2H3,(H,27,31)(H,28,32)(H,29,30). The number of carbonyl (C=O) groups excluding carboxylic acids is 2. The summed E-state index contributed by atoms with van der Waals surface area (Å²) >= 11 is 0. The van der Waals surface area contributed by atoms with Crippen molar-refractivity contribution >= 4 is 18.0 Å². The van der Waals surface area contributed by atoms with E-state index < -0.39 is 30.1 Å². The number of benzene rings is 2. The third-order valence-electron chi connectivity index (χ3n) is 6.59. The quantitative estimate of drug-likeness (QED) is 0.551. The molecule has 2 aromatic rings. The van der Waals surface area contributed by atoms with Gasteiger partial charge in [0.1, 0.15) is 6.61 Å². The average molecular weight is 467 g/mol. The van der Waals surface area contributed by atoms with Crippen molar-refractivity contribution in [2.24, 2.45) is 11.8 Å². The van der Waals surface area contributed by atoms with E-state index in [2.05, 4.69) is 34.9 Å². The van der Waals surface area contributed by atoms with E-state index in [1.807, 2.05) is 38.1 Å². The van der Waals surface area contributed by atoms with E-state index in [-0.39, 0.29) is 44.0 Å². The number of amides is 2. The molecule has 3 atom stereocenters. The Balaban J connectivity index is 1.36. The summed E-state index contributed by atoms with van der Waals surface area (Å²) in [5, 5.41) is 14.7. The van der Waals surface area contributed by atoms with Gasteiger partial charge in [0, 0.05) is 12.0 Å². The summed E-state index contributed by atoms with van der Waals surface area (Å²) in [4.78, 5) is 36.5. The number of carboxylic acids is 1. The van der Waals surface area contributed by atoms with Crippen LogP contribution in [-0.2, 0) is 19.1 Å². The zero-order chi connectivity index (χ0) is 24.2. The zero-order valence-corrected chi connectivity index (χ0v) is 19.3. The van der Waals surface area contributed by atoms with E-state index in [9.17, 15) is 14.4 Å². The summed E-state index contributed by atoms with van der Waals surface area (Å²) in [7, 11) is 0. The van der Waals surface area contributed by atoms with E-state index in [0.717, 1.165) is 22.3 Å². The smallest absolute Gasteiger partial charge is 0.407 e. The molecule has 8 heteroatoms. The molecule has 3 unspecified atom stereocenters. The number of nitrogens with one attached hydrogen (secondary N) is 2. The number of ether oxygens (including phenoxy) is 2. The van der Waals surface area contributed by atoms with Crippen LogP contribution in [0.2, 0.25) is 0 Å². The zero-order valence-electron chi connectivity index (χ0n) is 19.3. The monoisotopic (exact) mass is 466 g/mol. The second-order valence-electron chi connectivity index (χ2n) is 9.18. The second kappa shape index (κ2) is 10.3. The molecule has 0 spiro atoms. The largest absolute Gasteiger partial charge is 0.481 e. The Morgan fingerprint density at radius 3 is 2.24 bits per heavy atom. The van der Waals surface area contributed by atoms with Crippen LogP contribution in [0.15, 0.2) is 48.5 Å². The normalized spacial score (nSPS) is 19.9. The van der Waals surface area contributed by atoms with Crippen LogP contribution in [0.4, 0.5) is 4.79 Å². The minimum Gasteiger partial charge on any atom is -0.481 e. The predicted molar refractivity (Wildman–Crippen MR) is 125 cm³/mol. The number of carboxylic acid groups (broad SMARTS) is 1. The van der Waals surface area contributed by atoms with Crippen LogP contribution in [-0.4, -0.2) is 55.0 Å². The number of alkyl carbamates (subject to hydrolysis) is 1. The second-order valence-corrected chi connectivity index (χ2v) is 9.18.